The highest BCUT2D eigenvalue weighted by atomic mass is 35.5. The van der Waals surface area contributed by atoms with Gasteiger partial charge in [0.2, 0.25) is 0 Å². The minimum Gasteiger partial charge on any atom is -0.484 e. The van der Waals surface area contributed by atoms with Crippen molar-refractivity contribution in [2.45, 2.75) is 62.8 Å². The topological polar surface area (TPSA) is 66.0 Å². The molecule has 168 valence electrons. The molecule has 1 saturated heterocycles. The first-order valence-corrected chi connectivity index (χ1v) is 10.3. The molecule has 2 aliphatic rings. The van der Waals surface area contributed by atoms with Gasteiger partial charge in [-0.2, -0.15) is 0 Å². The van der Waals surface area contributed by atoms with Crippen LogP contribution >= 0.6 is 11.6 Å². The summed E-state index contributed by atoms with van der Waals surface area (Å²) in [6, 6.07) is 6.69. The Kier molecular flexibility index (Phi) is 8.21. The molecule has 0 unspecified atom stereocenters. The highest BCUT2D eigenvalue weighted by Crippen LogP contribution is 2.32. The lowest BCUT2D eigenvalue weighted by atomic mass is 9.92. The molecular weight excluding hydrogens is 427 g/mol. The molecular formula is C20H25ClF3NO5. The van der Waals surface area contributed by atoms with E-state index in [9.17, 15) is 18.0 Å². The smallest absolute Gasteiger partial charge is 0.484 e. The van der Waals surface area contributed by atoms with Crippen LogP contribution in [0.15, 0.2) is 24.3 Å². The number of amides is 1. The van der Waals surface area contributed by atoms with Crippen LogP contribution in [0.25, 0.3) is 0 Å². The van der Waals surface area contributed by atoms with Crippen molar-refractivity contribution >= 4 is 17.5 Å². The molecule has 1 heterocycles. The van der Waals surface area contributed by atoms with Crippen LogP contribution in [0.1, 0.15) is 32.1 Å². The summed E-state index contributed by atoms with van der Waals surface area (Å²) in [5.74, 6) is 0.346. The monoisotopic (exact) mass is 451 g/mol. The minimum atomic E-state index is -4.58. The molecule has 2 fully saturated rings. The maximum Gasteiger partial charge on any atom is 0.522 e. The molecule has 10 heteroatoms. The summed E-state index contributed by atoms with van der Waals surface area (Å²) in [4.78, 5) is 12.0. The first-order chi connectivity index (χ1) is 14.3. The van der Waals surface area contributed by atoms with Gasteiger partial charge >= 0.3 is 6.36 Å². The highest BCUT2D eigenvalue weighted by molar-refractivity contribution is 6.30. The van der Waals surface area contributed by atoms with Gasteiger partial charge < -0.3 is 19.5 Å². The molecule has 2 atom stereocenters. The maximum atomic E-state index is 12.1. The van der Waals surface area contributed by atoms with Gasteiger partial charge in [0.1, 0.15) is 5.75 Å². The third-order valence-corrected chi connectivity index (χ3v) is 5.32. The van der Waals surface area contributed by atoms with E-state index < -0.39 is 12.5 Å². The van der Waals surface area contributed by atoms with Crippen molar-refractivity contribution in [2.24, 2.45) is 0 Å². The van der Waals surface area contributed by atoms with E-state index in [1.165, 1.54) is 0 Å². The second-order valence-corrected chi connectivity index (χ2v) is 7.91. The number of benzene rings is 1. The van der Waals surface area contributed by atoms with Crippen LogP contribution in [0, 0.1) is 0 Å². The summed E-state index contributed by atoms with van der Waals surface area (Å²) in [5.41, 5.74) is 0. The summed E-state index contributed by atoms with van der Waals surface area (Å²) < 4.78 is 56.9. The molecule has 3 rings (SSSR count). The van der Waals surface area contributed by atoms with Gasteiger partial charge in [-0.05, 0) is 43.5 Å². The van der Waals surface area contributed by atoms with Gasteiger partial charge in [-0.25, -0.2) is 0 Å². The Morgan fingerprint density at radius 1 is 1.17 bits per heavy atom. The first-order valence-electron chi connectivity index (χ1n) is 9.92. The SMILES string of the molecule is O=C(COc1ccc(Cl)cc1)N[C@H]1CC[C@H](CCO[C@H]2C[C@@H](OC(F)(F)F)C2)OC1. The molecule has 1 aliphatic carbocycles. The Labute approximate surface area is 177 Å². The predicted molar refractivity (Wildman–Crippen MR) is 102 cm³/mol. The first kappa shape index (κ1) is 23.1. The van der Waals surface area contributed by atoms with Crippen LogP contribution < -0.4 is 10.1 Å². The van der Waals surface area contributed by atoms with Crippen LogP contribution in [-0.2, 0) is 19.0 Å². The normalized spacial score (nSPS) is 26.7. The Hall–Kier alpha value is -1.55. The Bertz CT molecular complexity index is 674. The molecule has 1 N–H and O–H groups in total. The van der Waals surface area contributed by atoms with E-state index >= 15 is 0 Å². The van der Waals surface area contributed by atoms with Crippen LogP contribution in [0.3, 0.4) is 0 Å². The largest absolute Gasteiger partial charge is 0.522 e. The standard InChI is InChI=1S/C20H25ClF3NO5/c21-13-1-4-15(5-2-13)29-12-19(26)25-14-3-6-16(28-11-14)7-8-27-17-9-18(10-17)30-20(22,23)24/h1-2,4-5,14,16-18H,3,6-12H2,(H,25,26)/t14-,16+,17-,18+/m0/s1. The van der Waals surface area contributed by atoms with Crippen molar-refractivity contribution in [1.82, 2.24) is 5.32 Å². The van der Waals surface area contributed by atoms with E-state index in [0.29, 0.717) is 30.4 Å². The van der Waals surface area contributed by atoms with Gasteiger partial charge in [-0.1, -0.05) is 11.6 Å². The third-order valence-electron chi connectivity index (χ3n) is 5.06. The van der Waals surface area contributed by atoms with Crippen LogP contribution in [0.4, 0.5) is 13.2 Å². The van der Waals surface area contributed by atoms with Crippen molar-refractivity contribution in [1.29, 1.82) is 0 Å². The van der Waals surface area contributed by atoms with Crippen molar-refractivity contribution in [2.75, 3.05) is 19.8 Å². The molecule has 30 heavy (non-hydrogen) atoms. The summed E-state index contributed by atoms with van der Waals surface area (Å²) >= 11 is 5.80. The van der Waals surface area contributed by atoms with E-state index in [-0.39, 0.29) is 43.6 Å². The molecule has 0 spiro atoms. The Morgan fingerprint density at radius 2 is 1.90 bits per heavy atom. The quantitative estimate of drug-likeness (QED) is 0.617. The lowest BCUT2D eigenvalue weighted by Gasteiger charge is -2.35. The number of carbonyl (C=O) groups excluding carboxylic acids is 1. The van der Waals surface area contributed by atoms with Crippen molar-refractivity contribution in [3.05, 3.63) is 29.3 Å². The van der Waals surface area contributed by atoms with Gasteiger partial charge in [0.15, 0.2) is 6.61 Å². The van der Waals surface area contributed by atoms with Crippen molar-refractivity contribution in [3.8, 4) is 5.75 Å². The second-order valence-electron chi connectivity index (χ2n) is 7.48. The zero-order valence-corrected chi connectivity index (χ0v) is 17.1. The molecule has 0 bridgehead atoms. The molecule has 1 aliphatic heterocycles. The van der Waals surface area contributed by atoms with Gasteiger partial charge in [0.25, 0.3) is 5.91 Å². The minimum absolute atomic E-state index is 0.0192. The fourth-order valence-electron chi connectivity index (χ4n) is 3.40. The predicted octanol–water partition coefficient (Wildman–Crippen LogP) is 3.86. The van der Waals surface area contributed by atoms with Crippen LogP contribution in [-0.4, -0.2) is 56.4 Å². The number of hydrogen-bond donors (Lipinski definition) is 1. The molecule has 0 aromatic heterocycles. The third kappa shape index (κ3) is 7.94. The van der Waals surface area contributed by atoms with Crippen molar-refractivity contribution < 1.29 is 36.9 Å². The maximum absolute atomic E-state index is 12.1. The highest BCUT2D eigenvalue weighted by Gasteiger charge is 2.40. The van der Waals surface area contributed by atoms with Gasteiger partial charge in [0, 0.05) is 24.5 Å². The van der Waals surface area contributed by atoms with E-state index in [1.54, 1.807) is 24.3 Å². The molecule has 1 saturated carbocycles. The number of hydrogen-bond acceptors (Lipinski definition) is 5. The Morgan fingerprint density at radius 3 is 2.53 bits per heavy atom. The van der Waals surface area contributed by atoms with E-state index in [4.69, 9.17) is 25.8 Å². The van der Waals surface area contributed by atoms with E-state index in [2.05, 4.69) is 10.1 Å². The average molecular weight is 452 g/mol. The molecule has 1 aromatic carbocycles. The number of rotatable bonds is 9. The average Bonchev–Trinajstić information content (AvgIpc) is 2.66. The summed E-state index contributed by atoms with van der Waals surface area (Å²) in [6.07, 6.45) is -2.80. The second kappa shape index (κ2) is 10.7. The van der Waals surface area contributed by atoms with E-state index in [1.807, 2.05) is 0 Å². The lowest BCUT2D eigenvalue weighted by Crippen LogP contribution is -2.45. The van der Waals surface area contributed by atoms with Crippen LogP contribution in [0.2, 0.25) is 5.02 Å². The zero-order chi connectivity index (χ0) is 21.6. The summed E-state index contributed by atoms with van der Waals surface area (Å²) in [7, 11) is 0. The Balaban J connectivity index is 1.22. The number of carbonyl (C=O) groups is 1. The summed E-state index contributed by atoms with van der Waals surface area (Å²) in [5, 5.41) is 3.48. The fourth-order valence-corrected chi connectivity index (χ4v) is 3.53. The molecule has 6 nitrogen and oxygen atoms in total. The van der Waals surface area contributed by atoms with E-state index in [0.717, 1.165) is 12.8 Å². The van der Waals surface area contributed by atoms with Gasteiger partial charge in [-0.3, -0.25) is 9.53 Å². The fraction of sp³-hybridized carbons (Fsp3) is 0.650. The van der Waals surface area contributed by atoms with Crippen molar-refractivity contribution in [3.63, 3.8) is 0 Å². The number of ether oxygens (including phenoxy) is 4. The lowest BCUT2D eigenvalue weighted by molar-refractivity contribution is -0.357. The number of alkyl halides is 3. The summed E-state index contributed by atoms with van der Waals surface area (Å²) in [6.45, 7) is 0.748. The number of halogens is 4. The molecule has 1 amide bonds. The van der Waals surface area contributed by atoms with Crippen LogP contribution in [0.5, 0.6) is 5.75 Å². The number of nitrogens with one attached hydrogen (secondary N) is 1. The molecule has 1 aromatic rings. The zero-order valence-electron chi connectivity index (χ0n) is 16.3. The van der Waals surface area contributed by atoms with Gasteiger partial charge in [0.05, 0.1) is 31.0 Å². The molecule has 0 radical (unpaired) electrons. The van der Waals surface area contributed by atoms with Gasteiger partial charge in [-0.15, -0.1) is 13.2 Å².